The number of hydrogen-bond acceptors (Lipinski definition) is 6. The van der Waals surface area contributed by atoms with Gasteiger partial charge in [0.05, 0.1) is 22.0 Å². The van der Waals surface area contributed by atoms with Crippen LogP contribution in [-0.4, -0.2) is 20.8 Å². The molecule has 0 aliphatic carbocycles. The fraction of sp³-hybridized carbons (Fsp3) is 0.192. The zero-order chi connectivity index (χ0) is 26.7. The monoisotopic (exact) mass is 646 g/mol. The van der Waals surface area contributed by atoms with Crippen LogP contribution < -0.4 is 10.3 Å². The van der Waals surface area contributed by atoms with E-state index < -0.39 is 4.92 Å². The van der Waals surface area contributed by atoms with Gasteiger partial charge in [0.1, 0.15) is 12.4 Å². The average molecular weight is 649 g/mol. The first-order valence-corrected chi connectivity index (χ1v) is 13.3. The maximum absolute atomic E-state index is 13.4. The molecule has 1 atom stereocenters. The topological polar surface area (TPSA) is 99.6 Å². The van der Waals surface area contributed by atoms with Crippen molar-refractivity contribution < 1.29 is 9.66 Å². The van der Waals surface area contributed by atoms with Crippen LogP contribution in [0.2, 0.25) is 5.02 Å². The highest BCUT2D eigenvalue weighted by molar-refractivity contribution is 9.10. The summed E-state index contributed by atoms with van der Waals surface area (Å²) in [7, 11) is 0. The summed E-state index contributed by atoms with van der Waals surface area (Å²) in [6, 6.07) is 15.4. The summed E-state index contributed by atoms with van der Waals surface area (Å²) in [5.74, 6) is 0.429. The predicted molar refractivity (Wildman–Crippen MR) is 152 cm³/mol. The molecule has 0 amide bonds. The van der Waals surface area contributed by atoms with Crippen LogP contribution in [0.25, 0.3) is 10.9 Å². The summed E-state index contributed by atoms with van der Waals surface area (Å²) in [4.78, 5) is 29.5. The number of nitrogens with zero attached hydrogens (tertiary/aromatic N) is 4. The van der Waals surface area contributed by atoms with Crippen molar-refractivity contribution in [2.24, 2.45) is 5.10 Å². The van der Waals surface area contributed by atoms with E-state index in [0.717, 1.165) is 10.9 Å². The van der Waals surface area contributed by atoms with Gasteiger partial charge in [0.25, 0.3) is 5.56 Å². The third-order valence-electron chi connectivity index (χ3n) is 5.79. The van der Waals surface area contributed by atoms with Crippen molar-refractivity contribution in [1.29, 1.82) is 0 Å². The largest absolute Gasteiger partial charge is 0.481 e. The SMILES string of the molecule is CC[C@H](C)c1nc2ccc(Br)cc2c(=O)n1N=Cc1cc(Br)cc([N+](=O)[O-])c1OCc1ccccc1Cl. The first-order chi connectivity index (χ1) is 17.7. The van der Waals surface area contributed by atoms with Gasteiger partial charge in [-0.15, -0.1) is 0 Å². The molecule has 3 aromatic carbocycles. The van der Waals surface area contributed by atoms with Crippen molar-refractivity contribution in [1.82, 2.24) is 9.66 Å². The van der Waals surface area contributed by atoms with Crippen LogP contribution in [0.5, 0.6) is 5.75 Å². The van der Waals surface area contributed by atoms with E-state index in [-0.39, 0.29) is 29.5 Å². The second kappa shape index (κ2) is 11.5. The molecule has 0 aliphatic rings. The highest BCUT2D eigenvalue weighted by Gasteiger charge is 2.22. The molecular weight excluding hydrogens is 628 g/mol. The van der Waals surface area contributed by atoms with E-state index in [9.17, 15) is 14.9 Å². The van der Waals surface area contributed by atoms with E-state index in [4.69, 9.17) is 21.3 Å². The number of ether oxygens (including phenoxy) is 1. The first-order valence-electron chi connectivity index (χ1n) is 11.3. The summed E-state index contributed by atoms with van der Waals surface area (Å²) < 4.78 is 8.35. The smallest absolute Gasteiger partial charge is 0.312 e. The fourth-order valence-corrected chi connectivity index (χ4v) is 4.67. The zero-order valence-electron chi connectivity index (χ0n) is 19.8. The number of nitro benzene ring substituents is 1. The van der Waals surface area contributed by atoms with Gasteiger partial charge in [0.15, 0.2) is 0 Å². The number of fused-ring (bicyclic) bond motifs is 1. The van der Waals surface area contributed by atoms with Crippen molar-refractivity contribution >= 4 is 66.3 Å². The van der Waals surface area contributed by atoms with Crippen LogP contribution in [-0.2, 0) is 6.61 Å². The lowest BCUT2D eigenvalue weighted by Crippen LogP contribution is -2.23. The van der Waals surface area contributed by atoms with Crippen LogP contribution in [0.1, 0.15) is 43.1 Å². The average Bonchev–Trinajstić information content (AvgIpc) is 2.87. The molecule has 4 rings (SSSR count). The third kappa shape index (κ3) is 5.92. The second-order valence-corrected chi connectivity index (χ2v) is 10.5. The highest BCUT2D eigenvalue weighted by Crippen LogP contribution is 2.35. The lowest BCUT2D eigenvalue weighted by Gasteiger charge is -2.14. The van der Waals surface area contributed by atoms with Gasteiger partial charge in [0, 0.05) is 37.1 Å². The molecule has 4 aromatic rings. The Morgan fingerprint density at radius 3 is 2.65 bits per heavy atom. The van der Waals surface area contributed by atoms with Gasteiger partial charge in [-0.25, -0.2) is 4.98 Å². The Hall–Kier alpha value is -3.08. The van der Waals surface area contributed by atoms with Crippen LogP contribution >= 0.6 is 43.5 Å². The summed E-state index contributed by atoms with van der Waals surface area (Å²) >= 11 is 13.0. The van der Waals surface area contributed by atoms with Crippen molar-refractivity contribution in [2.45, 2.75) is 32.8 Å². The van der Waals surface area contributed by atoms with Gasteiger partial charge in [-0.05, 0) is 36.8 Å². The molecule has 0 saturated heterocycles. The molecule has 8 nitrogen and oxygen atoms in total. The summed E-state index contributed by atoms with van der Waals surface area (Å²) in [6.07, 6.45) is 2.11. The lowest BCUT2D eigenvalue weighted by molar-refractivity contribution is -0.386. The molecular formula is C26H21Br2ClN4O4. The van der Waals surface area contributed by atoms with Gasteiger partial charge in [-0.1, -0.05) is 75.5 Å². The van der Waals surface area contributed by atoms with Crippen LogP contribution in [0.15, 0.2) is 73.4 Å². The number of rotatable bonds is 8. The zero-order valence-corrected chi connectivity index (χ0v) is 23.7. The fourth-order valence-electron chi connectivity index (χ4n) is 3.65. The molecule has 0 aliphatic heterocycles. The Bertz CT molecular complexity index is 1590. The van der Waals surface area contributed by atoms with Crippen LogP contribution in [0.3, 0.4) is 0 Å². The molecule has 1 aromatic heterocycles. The molecule has 37 heavy (non-hydrogen) atoms. The van der Waals surface area contributed by atoms with E-state index in [2.05, 4.69) is 37.0 Å². The lowest BCUT2D eigenvalue weighted by atomic mass is 10.1. The Labute approximate surface area is 234 Å². The highest BCUT2D eigenvalue weighted by atomic mass is 79.9. The number of nitro groups is 1. The minimum Gasteiger partial charge on any atom is -0.481 e. The summed E-state index contributed by atoms with van der Waals surface area (Å²) in [5, 5.41) is 17.2. The normalized spacial score (nSPS) is 12.2. The molecule has 0 spiro atoms. The molecule has 0 saturated carbocycles. The van der Waals surface area contributed by atoms with E-state index in [0.29, 0.717) is 37.3 Å². The summed E-state index contributed by atoms with van der Waals surface area (Å²) in [6.45, 7) is 3.96. The molecule has 0 bridgehead atoms. The molecule has 0 N–H and O–H groups in total. The standard InChI is InChI=1S/C26H21Br2ClN4O4/c1-3-15(2)25-31-22-9-8-18(27)11-20(22)26(34)32(25)30-13-17-10-19(28)12-23(33(35)36)24(17)37-14-16-6-4-5-7-21(16)29/h4-13,15H,3,14H2,1-2H3/t15-/m0/s1. The molecule has 0 radical (unpaired) electrons. The molecule has 0 fully saturated rings. The Kier molecular flexibility index (Phi) is 8.41. The Balaban J connectivity index is 1.85. The number of aromatic nitrogens is 2. The minimum absolute atomic E-state index is 0.00602. The maximum Gasteiger partial charge on any atom is 0.312 e. The third-order valence-corrected chi connectivity index (χ3v) is 7.11. The van der Waals surface area contributed by atoms with Gasteiger partial charge in [-0.3, -0.25) is 14.9 Å². The number of hydrogen-bond donors (Lipinski definition) is 0. The predicted octanol–water partition coefficient (Wildman–Crippen LogP) is 7.46. The molecule has 1 heterocycles. The first kappa shape index (κ1) is 27.0. The van der Waals surface area contributed by atoms with Gasteiger partial charge in [-0.2, -0.15) is 9.78 Å². The molecule has 11 heteroatoms. The Morgan fingerprint density at radius 2 is 1.95 bits per heavy atom. The summed E-state index contributed by atoms with van der Waals surface area (Å²) in [5.41, 5.74) is 0.948. The second-order valence-electron chi connectivity index (χ2n) is 8.28. The van der Waals surface area contributed by atoms with Gasteiger partial charge >= 0.3 is 5.69 Å². The van der Waals surface area contributed by atoms with Crippen LogP contribution in [0, 0.1) is 10.1 Å². The van der Waals surface area contributed by atoms with Gasteiger partial charge in [0.2, 0.25) is 5.75 Å². The van der Waals surface area contributed by atoms with Crippen LogP contribution in [0.4, 0.5) is 5.69 Å². The van der Waals surface area contributed by atoms with E-state index >= 15 is 0 Å². The van der Waals surface area contributed by atoms with Gasteiger partial charge < -0.3 is 4.74 Å². The number of halogens is 3. The molecule has 0 unspecified atom stereocenters. The Morgan fingerprint density at radius 1 is 1.19 bits per heavy atom. The quantitative estimate of drug-likeness (QED) is 0.112. The van der Waals surface area contributed by atoms with E-state index in [1.54, 1.807) is 42.5 Å². The minimum atomic E-state index is -0.532. The number of benzene rings is 3. The molecule has 190 valence electrons. The van der Waals surface area contributed by atoms with Crippen molar-refractivity contribution in [3.05, 3.63) is 106 Å². The van der Waals surface area contributed by atoms with Crippen molar-refractivity contribution in [3.8, 4) is 5.75 Å². The maximum atomic E-state index is 13.4. The van der Waals surface area contributed by atoms with E-state index in [1.807, 2.05) is 19.9 Å². The van der Waals surface area contributed by atoms with Crippen molar-refractivity contribution in [2.75, 3.05) is 0 Å². The van der Waals surface area contributed by atoms with E-state index in [1.165, 1.54) is 17.0 Å². The van der Waals surface area contributed by atoms with Crippen molar-refractivity contribution in [3.63, 3.8) is 0 Å².